The highest BCUT2D eigenvalue weighted by Crippen LogP contribution is 2.17. The predicted octanol–water partition coefficient (Wildman–Crippen LogP) is 20.4. The minimum atomic E-state index is -0.536. The van der Waals surface area contributed by atoms with Crippen LogP contribution >= 0.6 is 0 Å². The zero-order valence-electron chi connectivity index (χ0n) is 45.0. The van der Waals surface area contributed by atoms with Crippen LogP contribution in [0, 0.1) is 0 Å². The van der Waals surface area contributed by atoms with Crippen LogP contribution in [0.25, 0.3) is 0 Å². The van der Waals surface area contributed by atoms with Crippen molar-refractivity contribution < 1.29 is 23.8 Å². The van der Waals surface area contributed by atoms with Gasteiger partial charge in [-0.15, -0.1) is 0 Å². The van der Waals surface area contributed by atoms with Crippen molar-refractivity contribution in [2.75, 3.05) is 19.8 Å². The lowest BCUT2D eigenvalue weighted by Crippen LogP contribution is -2.30. The summed E-state index contributed by atoms with van der Waals surface area (Å²) >= 11 is 0. The van der Waals surface area contributed by atoms with Crippen molar-refractivity contribution in [3.05, 3.63) is 24.3 Å². The Morgan fingerprint density at radius 3 is 0.939 bits per heavy atom. The molecule has 0 aromatic carbocycles. The third kappa shape index (κ3) is 55.0. The summed E-state index contributed by atoms with van der Waals surface area (Å²) in [5, 5.41) is 0. The maximum atomic E-state index is 12.8. The molecule has 0 spiro atoms. The maximum absolute atomic E-state index is 12.8. The van der Waals surface area contributed by atoms with Crippen molar-refractivity contribution in [1.82, 2.24) is 0 Å². The zero-order chi connectivity index (χ0) is 47.7. The number of unbranched alkanes of at least 4 members (excludes halogenated alkanes) is 41. The van der Waals surface area contributed by atoms with E-state index in [-0.39, 0.29) is 18.5 Å². The fourth-order valence-electron chi connectivity index (χ4n) is 8.97. The van der Waals surface area contributed by atoms with E-state index in [9.17, 15) is 9.59 Å². The second-order valence-electron chi connectivity index (χ2n) is 20.3. The Morgan fingerprint density at radius 1 is 0.318 bits per heavy atom. The summed E-state index contributed by atoms with van der Waals surface area (Å²) in [5.41, 5.74) is 0. The average molecular weight is 930 g/mol. The molecule has 0 amide bonds. The number of allylic oxidation sites excluding steroid dienone is 4. The third-order valence-corrected chi connectivity index (χ3v) is 13.5. The molecular formula is C61H116O5. The predicted molar refractivity (Wildman–Crippen MR) is 289 cm³/mol. The summed E-state index contributed by atoms with van der Waals surface area (Å²) in [6, 6.07) is 0. The van der Waals surface area contributed by atoms with Crippen LogP contribution in [0.4, 0.5) is 0 Å². The van der Waals surface area contributed by atoms with Crippen LogP contribution in [-0.4, -0.2) is 37.9 Å². The fourth-order valence-corrected chi connectivity index (χ4v) is 8.97. The van der Waals surface area contributed by atoms with Crippen molar-refractivity contribution >= 4 is 11.9 Å². The average Bonchev–Trinajstić information content (AvgIpc) is 3.32. The van der Waals surface area contributed by atoms with E-state index in [0.717, 1.165) is 44.9 Å². The highest BCUT2D eigenvalue weighted by molar-refractivity contribution is 5.70. The van der Waals surface area contributed by atoms with Crippen molar-refractivity contribution in [3.63, 3.8) is 0 Å². The summed E-state index contributed by atoms with van der Waals surface area (Å²) in [6.45, 7) is 7.87. The van der Waals surface area contributed by atoms with Crippen LogP contribution in [0.5, 0.6) is 0 Å². The van der Waals surface area contributed by atoms with Crippen LogP contribution < -0.4 is 0 Å². The van der Waals surface area contributed by atoms with E-state index in [1.807, 2.05) is 0 Å². The van der Waals surface area contributed by atoms with Gasteiger partial charge in [0.2, 0.25) is 0 Å². The standard InChI is InChI=1S/C61H116O5/c1-4-7-10-13-16-19-22-25-27-29-30-31-33-35-38-41-44-47-50-53-56-64-57-59(66-61(63)55-52-49-46-43-40-36-24-21-18-15-12-9-6-3)58-65-60(62)54-51-48-45-42-39-37-34-32-28-26-23-20-17-14-11-8-5-2/h21,24,26,28,59H,4-20,22-23,25,27,29-58H2,1-3H3/b24-21-,28-26-. The molecule has 0 saturated carbocycles. The lowest BCUT2D eigenvalue weighted by molar-refractivity contribution is -0.163. The van der Waals surface area contributed by atoms with E-state index in [2.05, 4.69) is 45.1 Å². The van der Waals surface area contributed by atoms with Gasteiger partial charge >= 0.3 is 11.9 Å². The minimum Gasteiger partial charge on any atom is -0.462 e. The molecule has 390 valence electrons. The van der Waals surface area contributed by atoms with Gasteiger partial charge in [0.05, 0.1) is 6.61 Å². The molecule has 0 radical (unpaired) electrons. The Hall–Kier alpha value is -1.62. The van der Waals surface area contributed by atoms with Crippen LogP contribution in [0.3, 0.4) is 0 Å². The van der Waals surface area contributed by atoms with Gasteiger partial charge in [-0.1, -0.05) is 270 Å². The van der Waals surface area contributed by atoms with E-state index in [0.29, 0.717) is 26.1 Å². The molecule has 5 heteroatoms. The summed E-state index contributed by atoms with van der Waals surface area (Å²) in [4.78, 5) is 25.5. The second-order valence-corrected chi connectivity index (χ2v) is 20.3. The quantitative estimate of drug-likeness (QED) is 0.0345. The molecule has 0 saturated heterocycles. The van der Waals surface area contributed by atoms with E-state index in [1.165, 1.54) is 250 Å². The zero-order valence-corrected chi connectivity index (χ0v) is 45.0. The summed E-state index contributed by atoms with van der Waals surface area (Å²) < 4.78 is 17.5. The lowest BCUT2D eigenvalue weighted by atomic mass is 10.0. The number of esters is 2. The maximum Gasteiger partial charge on any atom is 0.306 e. The van der Waals surface area contributed by atoms with Gasteiger partial charge in [-0.05, 0) is 70.6 Å². The second kappa shape index (κ2) is 57.7. The Balaban J connectivity index is 4.19. The minimum absolute atomic E-state index is 0.0867. The first-order valence-corrected chi connectivity index (χ1v) is 29.9. The molecular weight excluding hydrogens is 813 g/mol. The summed E-state index contributed by atoms with van der Waals surface area (Å²) in [6.07, 6.45) is 69.2. The SMILES string of the molecule is CCCCCC/C=C\CCCCCCCC(=O)OC(COCCCCCCCCCCCCCCCCCCCCCC)COC(=O)CCCCCCCCC/C=C\CCCCCCCC. The molecule has 66 heavy (non-hydrogen) atoms. The Labute approximate surface area is 413 Å². The number of carbonyl (C=O) groups excluding carboxylic acids is 2. The Bertz CT molecular complexity index is 1010. The fraction of sp³-hybridized carbons (Fsp3) is 0.902. The van der Waals surface area contributed by atoms with Crippen molar-refractivity contribution in [2.45, 2.75) is 335 Å². The molecule has 0 rings (SSSR count). The monoisotopic (exact) mass is 929 g/mol. The number of ether oxygens (including phenoxy) is 3. The van der Waals surface area contributed by atoms with Gasteiger partial charge in [-0.25, -0.2) is 0 Å². The topological polar surface area (TPSA) is 61.8 Å². The van der Waals surface area contributed by atoms with E-state index < -0.39 is 6.10 Å². The Kier molecular flexibility index (Phi) is 56.3. The first kappa shape index (κ1) is 64.4. The molecule has 0 fully saturated rings. The molecule has 0 aromatic rings. The number of hydrogen-bond acceptors (Lipinski definition) is 5. The van der Waals surface area contributed by atoms with Crippen LogP contribution in [0.2, 0.25) is 0 Å². The summed E-state index contributed by atoms with van der Waals surface area (Å²) in [5.74, 6) is -0.391. The highest BCUT2D eigenvalue weighted by Gasteiger charge is 2.17. The molecule has 0 heterocycles. The highest BCUT2D eigenvalue weighted by atomic mass is 16.6. The van der Waals surface area contributed by atoms with Crippen molar-refractivity contribution in [3.8, 4) is 0 Å². The van der Waals surface area contributed by atoms with E-state index in [4.69, 9.17) is 14.2 Å². The lowest BCUT2D eigenvalue weighted by Gasteiger charge is -2.18. The molecule has 1 unspecified atom stereocenters. The molecule has 0 aliphatic rings. The van der Waals surface area contributed by atoms with Crippen LogP contribution in [-0.2, 0) is 23.8 Å². The number of hydrogen-bond donors (Lipinski definition) is 0. The molecule has 1 atom stereocenters. The first-order chi connectivity index (χ1) is 32.6. The third-order valence-electron chi connectivity index (χ3n) is 13.5. The molecule has 0 aromatic heterocycles. The molecule has 0 aliphatic carbocycles. The number of carbonyl (C=O) groups is 2. The van der Waals surface area contributed by atoms with E-state index in [1.54, 1.807) is 0 Å². The first-order valence-electron chi connectivity index (χ1n) is 29.9. The molecule has 0 bridgehead atoms. The van der Waals surface area contributed by atoms with Gasteiger partial charge in [0.1, 0.15) is 6.61 Å². The van der Waals surface area contributed by atoms with Gasteiger partial charge in [-0.2, -0.15) is 0 Å². The van der Waals surface area contributed by atoms with Gasteiger partial charge in [0, 0.05) is 19.4 Å². The summed E-state index contributed by atoms with van der Waals surface area (Å²) in [7, 11) is 0. The van der Waals surface area contributed by atoms with Crippen LogP contribution in [0.15, 0.2) is 24.3 Å². The van der Waals surface area contributed by atoms with Crippen molar-refractivity contribution in [1.29, 1.82) is 0 Å². The van der Waals surface area contributed by atoms with Gasteiger partial charge in [0.15, 0.2) is 6.10 Å². The van der Waals surface area contributed by atoms with Crippen LogP contribution in [0.1, 0.15) is 329 Å². The van der Waals surface area contributed by atoms with E-state index >= 15 is 0 Å². The van der Waals surface area contributed by atoms with Gasteiger partial charge in [-0.3, -0.25) is 9.59 Å². The molecule has 0 aliphatic heterocycles. The van der Waals surface area contributed by atoms with Gasteiger partial charge < -0.3 is 14.2 Å². The van der Waals surface area contributed by atoms with Gasteiger partial charge in [0.25, 0.3) is 0 Å². The largest absolute Gasteiger partial charge is 0.462 e. The number of rotatable bonds is 56. The Morgan fingerprint density at radius 2 is 0.591 bits per heavy atom. The molecule has 0 N–H and O–H groups in total. The smallest absolute Gasteiger partial charge is 0.306 e. The molecule has 5 nitrogen and oxygen atoms in total. The van der Waals surface area contributed by atoms with Crippen molar-refractivity contribution in [2.24, 2.45) is 0 Å². The normalized spacial score (nSPS) is 12.2.